The van der Waals surface area contributed by atoms with E-state index in [0.29, 0.717) is 34.5 Å². The van der Waals surface area contributed by atoms with Gasteiger partial charge >= 0.3 is 6.36 Å². The van der Waals surface area contributed by atoms with Crippen LogP contribution in [-0.2, 0) is 0 Å². The fourth-order valence-electron chi connectivity index (χ4n) is 2.33. The monoisotopic (exact) mass is 362 g/mol. The zero-order valence-electron chi connectivity index (χ0n) is 13.3. The summed E-state index contributed by atoms with van der Waals surface area (Å²) in [6, 6.07) is 5.87. The van der Waals surface area contributed by atoms with E-state index in [1.165, 1.54) is 24.5 Å². The Morgan fingerprint density at radius 2 is 1.96 bits per heavy atom. The van der Waals surface area contributed by atoms with Crippen LogP contribution in [0.25, 0.3) is 11.0 Å². The van der Waals surface area contributed by atoms with Crippen molar-refractivity contribution in [1.82, 2.24) is 19.9 Å². The van der Waals surface area contributed by atoms with E-state index in [2.05, 4.69) is 35.3 Å². The van der Waals surface area contributed by atoms with Gasteiger partial charge in [0.1, 0.15) is 23.1 Å². The number of benzene rings is 1. The summed E-state index contributed by atoms with van der Waals surface area (Å²) in [6.07, 6.45) is 0.297. The molecule has 134 valence electrons. The van der Waals surface area contributed by atoms with Crippen LogP contribution in [0.1, 0.15) is 12.8 Å². The summed E-state index contributed by atoms with van der Waals surface area (Å²) >= 11 is 0. The number of ether oxygens (including phenoxy) is 1. The molecule has 1 fully saturated rings. The molecule has 0 atom stereocenters. The first-order valence-corrected chi connectivity index (χ1v) is 7.83. The number of fused-ring (bicyclic) bond motifs is 1. The summed E-state index contributed by atoms with van der Waals surface area (Å²) in [5, 5.41) is 6.14. The van der Waals surface area contributed by atoms with Crippen molar-refractivity contribution in [2.45, 2.75) is 25.2 Å². The number of hydrogen-bond acceptors (Lipinski definition) is 7. The molecule has 0 saturated heterocycles. The summed E-state index contributed by atoms with van der Waals surface area (Å²) < 4.78 is 41.1. The minimum atomic E-state index is -4.75. The highest BCUT2D eigenvalue weighted by Gasteiger charge is 2.31. The van der Waals surface area contributed by atoms with Gasteiger partial charge in [-0.1, -0.05) is 6.07 Å². The molecule has 0 radical (unpaired) electrons. The van der Waals surface area contributed by atoms with Gasteiger partial charge in [0.05, 0.1) is 6.20 Å². The van der Waals surface area contributed by atoms with Gasteiger partial charge in [-0.25, -0.2) is 19.9 Å². The zero-order valence-corrected chi connectivity index (χ0v) is 13.3. The molecule has 4 rings (SSSR count). The van der Waals surface area contributed by atoms with Gasteiger partial charge in [-0.05, 0) is 25.0 Å². The van der Waals surface area contributed by atoms with Crippen LogP contribution in [0.5, 0.6) is 5.75 Å². The Morgan fingerprint density at radius 3 is 2.73 bits per heavy atom. The molecule has 1 saturated carbocycles. The number of nitrogens with one attached hydrogen (secondary N) is 2. The molecule has 2 heterocycles. The Bertz CT molecular complexity index is 945. The van der Waals surface area contributed by atoms with E-state index in [1.54, 1.807) is 12.3 Å². The maximum atomic E-state index is 12.4. The Kier molecular flexibility index (Phi) is 3.94. The zero-order chi connectivity index (χ0) is 18.1. The summed E-state index contributed by atoms with van der Waals surface area (Å²) in [5.41, 5.74) is 1.36. The van der Waals surface area contributed by atoms with Crippen LogP contribution in [0.2, 0.25) is 0 Å². The van der Waals surface area contributed by atoms with Crippen LogP contribution >= 0.6 is 0 Å². The molecular weight excluding hydrogens is 349 g/mol. The average molecular weight is 362 g/mol. The maximum absolute atomic E-state index is 12.4. The molecule has 1 aromatic carbocycles. The molecular formula is C16H13F3N6O. The summed E-state index contributed by atoms with van der Waals surface area (Å²) in [6.45, 7) is 0. The Balaban J connectivity index is 1.63. The van der Waals surface area contributed by atoms with Crippen LogP contribution in [0.4, 0.5) is 30.6 Å². The van der Waals surface area contributed by atoms with Crippen molar-refractivity contribution in [3.8, 4) is 5.75 Å². The number of aromatic nitrogens is 4. The quantitative estimate of drug-likeness (QED) is 0.717. The highest BCUT2D eigenvalue weighted by Crippen LogP contribution is 2.28. The number of hydrogen-bond donors (Lipinski definition) is 2. The van der Waals surface area contributed by atoms with Gasteiger partial charge in [0, 0.05) is 17.8 Å². The van der Waals surface area contributed by atoms with Gasteiger partial charge in [-0.2, -0.15) is 0 Å². The lowest BCUT2D eigenvalue weighted by Crippen LogP contribution is -2.17. The standard InChI is InChI=1S/C16H13F3N6O/c17-16(18,19)26-11-3-1-2-10(6-11)23-14-13-12(21-8-22-14)7-20-15(25-13)24-9-4-5-9/h1-3,6-9H,4-5H2,(H,20,24,25)(H,21,22,23). The average Bonchev–Trinajstić information content (AvgIpc) is 3.38. The molecule has 0 aliphatic heterocycles. The van der Waals surface area contributed by atoms with Crippen LogP contribution in [-0.4, -0.2) is 32.3 Å². The third kappa shape index (κ3) is 3.90. The van der Waals surface area contributed by atoms with Gasteiger partial charge in [-0.3, -0.25) is 0 Å². The van der Waals surface area contributed by atoms with E-state index >= 15 is 0 Å². The molecule has 2 N–H and O–H groups in total. The molecule has 0 spiro atoms. The van der Waals surface area contributed by atoms with Gasteiger partial charge < -0.3 is 15.4 Å². The van der Waals surface area contributed by atoms with Crippen molar-refractivity contribution in [2.24, 2.45) is 0 Å². The van der Waals surface area contributed by atoms with Gasteiger partial charge in [-0.15, -0.1) is 13.2 Å². The van der Waals surface area contributed by atoms with Crippen LogP contribution in [0.3, 0.4) is 0 Å². The number of anilines is 3. The maximum Gasteiger partial charge on any atom is 0.573 e. The van der Waals surface area contributed by atoms with Gasteiger partial charge in [0.25, 0.3) is 0 Å². The lowest BCUT2D eigenvalue weighted by Gasteiger charge is -2.12. The van der Waals surface area contributed by atoms with Crippen molar-refractivity contribution in [3.05, 3.63) is 36.8 Å². The highest BCUT2D eigenvalue weighted by molar-refractivity contribution is 5.87. The van der Waals surface area contributed by atoms with Crippen LogP contribution < -0.4 is 15.4 Å². The predicted octanol–water partition coefficient (Wildman–Crippen LogP) is 3.64. The minimum absolute atomic E-state index is 0.327. The fraction of sp³-hybridized carbons (Fsp3) is 0.250. The third-order valence-electron chi connectivity index (χ3n) is 3.62. The first-order chi connectivity index (χ1) is 12.5. The van der Waals surface area contributed by atoms with E-state index < -0.39 is 6.36 Å². The summed E-state index contributed by atoms with van der Waals surface area (Å²) in [4.78, 5) is 16.9. The molecule has 0 unspecified atom stereocenters. The summed E-state index contributed by atoms with van der Waals surface area (Å²) in [7, 11) is 0. The van der Waals surface area contributed by atoms with E-state index in [-0.39, 0.29) is 5.75 Å². The van der Waals surface area contributed by atoms with Crippen LogP contribution in [0.15, 0.2) is 36.8 Å². The highest BCUT2D eigenvalue weighted by atomic mass is 19.4. The van der Waals surface area contributed by atoms with Crippen LogP contribution in [0, 0.1) is 0 Å². The number of halogens is 3. The fourth-order valence-corrected chi connectivity index (χ4v) is 2.33. The molecule has 7 nitrogen and oxygen atoms in total. The molecule has 1 aliphatic rings. The molecule has 10 heteroatoms. The van der Waals surface area contributed by atoms with Gasteiger partial charge in [0.2, 0.25) is 5.95 Å². The van der Waals surface area contributed by atoms with E-state index in [0.717, 1.165) is 12.8 Å². The van der Waals surface area contributed by atoms with Crippen molar-refractivity contribution < 1.29 is 17.9 Å². The molecule has 0 amide bonds. The minimum Gasteiger partial charge on any atom is -0.406 e. The number of nitrogens with zero attached hydrogens (tertiary/aromatic N) is 4. The van der Waals surface area contributed by atoms with Crippen molar-refractivity contribution in [3.63, 3.8) is 0 Å². The Labute approximate surface area is 145 Å². The van der Waals surface area contributed by atoms with Crippen molar-refractivity contribution in [2.75, 3.05) is 10.6 Å². The lowest BCUT2D eigenvalue weighted by molar-refractivity contribution is -0.274. The summed E-state index contributed by atoms with van der Waals surface area (Å²) in [5.74, 6) is 0.499. The van der Waals surface area contributed by atoms with E-state index in [1.807, 2.05) is 0 Å². The predicted molar refractivity (Wildman–Crippen MR) is 88.2 cm³/mol. The molecule has 2 aromatic heterocycles. The molecule has 1 aliphatic carbocycles. The third-order valence-corrected chi connectivity index (χ3v) is 3.62. The second-order valence-electron chi connectivity index (χ2n) is 5.77. The molecule has 0 bridgehead atoms. The van der Waals surface area contributed by atoms with Crippen molar-refractivity contribution in [1.29, 1.82) is 0 Å². The first kappa shape index (κ1) is 16.3. The van der Waals surface area contributed by atoms with Crippen molar-refractivity contribution >= 4 is 28.5 Å². The topological polar surface area (TPSA) is 84.8 Å². The second-order valence-corrected chi connectivity index (χ2v) is 5.77. The second kappa shape index (κ2) is 6.28. The van der Waals surface area contributed by atoms with Gasteiger partial charge in [0.15, 0.2) is 5.82 Å². The normalized spacial score (nSPS) is 14.3. The SMILES string of the molecule is FC(F)(F)Oc1cccc(Nc2ncnc3cnc(NC4CC4)nc23)c1. The first-order valence-electron chi connectivity index (χ1n) is 7.83. The van der Waals surface area contributed by atoms with E-state index in [9.17, 15) is 13.2 Å². The molecule has 26 heavy (non-hydrogen) atoms. The Hall–Kier alpha value is -3.17. The Morgan fingerprint density at radius 1 is 1.12 bits per heavy atom. The molecule has 3 aromatic rings. The lowest BCUT2D eigenvalue weighted by atomic mass is 10.3. The largest absolute Gasteiger partial charge is 0.573 e. The van der Waals surface area contributed by atoms with E-state index in [4.69, 9.17) is 0 Å². The number of rotatable bonds is 5. The smallest absolute Gasteiger partial charge is 0.406 e. The number of alkyl halides is 3.